The molecule has 190 valence electrons. The summed E-state index contributed by atoms with van der Waals surface area (Å²) < 4.78 is 18.1. The van der Waals surface area contributed by atoms with E-state index in [0.29, 0.717) is 29.4 Å². The maximum atomic E-state index is 12.9. The highest BCUT2D eigenvalue weighted by Crippen LogP contribution is 2.35. The number of carbonyl (C=O) groups is 1. The number of rotatable bonds is 8. The van der Waals surface area contributed by atoms with Gasteiger partial charge in [-0.15, -0.1) is 0 Å². The number of fused-ring (bicyclic) bond motifs is 2. The molecule has 0 radical (unpaired) electrons. The molecule has 38 heavy (non-hydrogen) atoms. The zero-order valence-corrected chi connectivity index (χ0v) is 23.1. The highest BCUT2D eigenvalue weighted by Gasteiger charge is 2.14. The first-order chi connectivity index (χ1) is 18.6. The van der Waals surface area contributed by atoms with E-state index in [1.807, 2.05) is 60.7 Å². The van der Waals surface area contributed by atoms with E-state index in [9.17, 15) is 4.79 Å². The minimum atomic E-state index is -0.361. The van der Waals surface area contributed by atoms with Gasteiger partial charge in [0, 0.05) is 0 Å². The smallest absolute Gasteiger partial charge is 0.275 e. The Hall–Kier alpha value is -4.11. The molecule has 6 nitrogen and oxygen atoms in total. The Balaban J connectivity index is 1.32. The lowest BCUT2D eigenvalue weighted by Crippen LogP contribution is -2.18. The van der Waals surface area contributed by atoms with Gasteiger partial charge in [0.15, 0.2) is 11.5 Å². The van der Waals surface area contributed by atoms with Gasteiger partial charge < -0.3 is 14.2 Å². The first-order valence-electron chi connectivity index (χ1n) is 11.9. The van der Waals surface area contributed by atoms with Crippen molar-refractivity contribution in [3.63, 3.8) is 0 Å². The molecule has 5 rings (SSSR count). The van der Waals surface area contributed by atoms with Crippen molar-refractivity contribution in [2.24, 2.45) is 5.10 Å². The van der Waals surface area contributed by atoms with Crippen molar-refractivity contribution in [2.75, 3.05) is 14.2 Å². The van der Waals surface area contributed by atoms with Crippen LogP contribution in [0.25, 0.3) is 21.5 Å². The summed E-state index contributed by atoms with van der Waals surface area (Å²) in [5.74, 6) is 1.37. The van der Waals surface area contributed by atoms with Crippen LogP contribution in [0.2, 0.25) is 0 Å². The lowest BCUT2D eigenvalue weighted by Gasteiger charge is -2.14. The fourth-order valence-electron chi connectivity index (χ4n) is 4.31. The van der Waals surface area contributed by atoms with E-state index in [1.54, 1.807) is 26.5 Å². The largest absolute Gasteiger partial charge is 0.496 e. The molecule has 0 saturated heterocycles. The van der Waals surface area contributed by atoms with Crippen molar-refractivity contribution in [3.05, 3.63) is 111 Å². The first kappa shape index (κ1) is 25.5. The van der Waals surface area contributed by atoms with Crippen LogP contribution in [-0.2, 0) is 6.61 Å². The molecule has 0 saturated carbocycles. The standard InChI is InChI=1S/C31H25IN2O4/c1-36-28-17-23-10-4-3-9-22(23)16-26(28)31(35)34-33-18-20-14-27(32)30(29(15-20)37-2)38-19-24-12-7-11-21-8-5-6-13-25(21)24/h3-18H,19H2,1-2H3,(H,34,35)/b33-18-. The summed E-state index contributed by atoms with van der Waals surface area (Å²) >= 11 is 2.22. The summed E-state index contributed by atoms with van der Waals surface area (Å²) in [4.78, 5) is 12.9. The minimum absolute atomic E-state index is 0.361. The van der Waals surface area contributed by atoms with Crippen LogP contribution >= 0.6 is 22.6 Å². The van der Waals surface area contributed by atoms with Gasteiger partial charge in [0.1, 0.15) is 12.4 Å². The second kappa shape index (κ2) is 11.5. The molecule has 0 aromatic heterocycles. The third-order valence-corrected chi connectivity index (χ3v) is 7.00. The third-order valence-electron chi connectivity index (χ3n) is 6.20. The average molecular weight is 616 g/mol. The topological polar surface area (TPSA) is 69.2 Å². The molecule has 0 aliphatic heterocycles. The highest BCUT2D eigenvalue weighted by molar-refractivity contribution is 14.1. The molecule has 0 bridgehead atoms. The highest BCUT2D eigenvalue weighted by atomic mass is 127. The second-order valence-electron chi connectivity index (χ2n) is 8.56. The molecule has 0 aliphatic carbocycles. The zero-order chi connectivity index (χ0) is 26.5. The Labute approximate surface area is 234 Å². The van der Waals surface area contributed by atoms with E-state index >= 15 is 0 Å². The van der Waals surface area contributed by atoms with Crippen LogP contribution in [-0.4, -0.2) is 26.3 Å². The molecule has 0 spiro atoms. The van der Waals surface area contributed by atoms with Crippen molar-refractivity contribution in [2.45, 2.75) is 6.61 Å². The van der Waals surface area contributed by atoms with Gasteiger partial charge in [-0.1, -0.05) is 66.7 Å². The lowest BCUT2D eigenvalue weighted by molar-refractivity contribution is 0.0952. The van der Waals surface area contributed by atoms with Gasteiger partial charge >= 0.3 is 0 Å². The fraction of sp³-hybridized carbons (Fsp3) is 0.0968. The molecule has 5 aromatic carbocycles. The number of nitrogens with one attached hydrogen (secondary N) is 1. The number of nitrogens with zero attached hydrogens (tertiary/aromatic N) is 1. The average Bonchev–Trinajstić information content (AvgIpc) is 2.95. The molecular weight excluding hydrogens is 591 g/mol. The van der Waals surface area contributed by atoms with Crippen LogP contribution < -0.4 is 19.6 Å². The molecule has 0 unspecified atom stereocenters. The van der Waals surface area contributed by atoms with Crippen molar-refractivity contribution in [1.82, 2.24) is 5.43 Å². The molecule has 0 fully saturated rings. The maximum Gasteiger partial charge on any atom is 0.275 e. The lowest BCUT2D eigenvalue weighted by atomic mass is 10.1. The normalized spacial score (nSPS) is 11.1. The number of hydrogen-bond acceptors (Lipinski definition) is 5. The summed E-state index contributed by atoms with van der Waals surface area (Å²) in [5.41, 5.74) is 4.86. The molecule has 1 amide bonds. The number of hydrazone groups is 1. The van der Waals surface area contributed by atoms with Crippen LogP contribution in [0.3, 0.4) is 0 Å². The Kier molecular flexibility index (Phi) is 7.74. The van der Waals surface area contributed by atoms with Crippen LogP contribution in [0.1, 0.15) is 21.5 Å². The molecule has 0 atom stereocenters. The van der Waals surface area contributed by atoms with Crippen LogP contribution in [0.5, 0.6) is 17.2 Å². The molecule has 5 aromatic rings. The number of ether oxygens (including phenoxy) is 3. The Morgan fingerprint density at radius 3 is 2.29 bits per heavy atom. The van der Waals surface area contributed by atoms with Crippen LogP contribution in [0.15, 0.2) is 96.1 Å². The van der Waals surface area contributed by atoms with E-state index in [4.69, 9.17) is 14.2 Å². The van der Waals surface area contributed by atoms with Gasteiger partial charge in [-0.3, -0.25) is 4.79 Å². The van der Waals surface area contributed by atoms with E-state index < -0.39 is 0 Å². The Morgan fingerprint density at radius 2 is 1.53 bits per heavy atom. The van der Waals surface area contributed by atoms with Gasteiger partial charge in [-0.25, -0.2) is 5.43 Å². The van der Waals surface area contributed by atoms with Crippen LogP contribution in [0.4, 0.5) is 0 Å². The van der Waals surface area contributed by atoms with E-state index in [0.717, 1.165) is 30.9 Å². The quantitative estimate of drug-likeness (QED) is 0.116. The van der Waals surface area contributed by atoms with Crippen molar-refractivity contribution in [1.29, 1.82) is 0 Å². The zero-order valence-electron chi connectivity index (χ0n) is 20.9. The predicted molar refractivity (Wildman–Crippen MR) is 160 cm³/mol. The summed E-state index contributed by atoms with van der Waals surface area (Å²) in [5, 5.41) is 8.44. The predicted octanol–water partition coefficient (Wildman–Crippen LogP) is 6.96. The molecule has 7 heteroatoms. The first-order valence-corrected chi connectivity index (χ1v) is 13.0. The van der Waals surface area contributed by atoms with Crippen LogP contribution in [0, 0.1) is 3.57 Å². The maximum absolute atomic E-state index is 12.9. The molecule has 1 N–H and O–H groups in total. The SMILES string of the molecule is COc1cc2ccccc2cc1C(=O)N/N=C\c1cc(I)c(OCc2cccc3ccccc23)c(OC)c1. The monoisotopic (exact) mass is 616 g/mol. The minimum Gasteiger partial charge on any atom is -0.496 e. The third kappa shape index (κ3) is 5.43. The number of benzene rings is 5. The number of hydrogen-bond donors (Lipinski definition) is 1. The summed E-state index contributed by atoms with van der Waals surface area (Å²) in [7, 11) is 3.15. The van der Waals surface area contributed by atoms with Crippen molar-refractivity contribution < 1.29 is 19.0 Å². The Bertz CT molecular complexity index is 1660. The number of carbonyl (C=O) groups excluding carboxylic acids is 1. The summed E-state index contributed by atoms with van der Waals surface area (Å²) in [6.07, 6.45) is 1.57. The van der Waals surface area contributed by atoms with Crippen molar-refractivity contribution in [3.8, 4) is 17.2 Å². The molecule has 0 aliphatic rings. The molecular formula is C31H25IN2O4. The number of amides is 1. The Morgan fingerprint density at radius 1 is 0.842 bits per heavy atom. The fourth-order valence-corrected chi connectivity index (χ4v) is 5.10. The number of methoxy groups -OCH3 is 2. The summed E-state index contributed by atoms with van der Waals surface area (Å²) in [6, 6.07) is 29.6. The van der Waals surface area contributed by atoms with Gasteiger partial charge in [0.25, 0.3) is 5.91 Å². The van der Waals surface area contributed by atoms with Gasteiger partial charge in [0.2, 0.25) is 0 Å². The molecule has 0 heterocycles. The van der Waals surface area contributed by atoms with E-state index in [1.165, 1.54) is 5.39 Å². The van der Waals surface area contributed by atoms with Crippen molar-refractivity contribution >= 4 is 56.3 Å². The van der Waals surface area contributed by atoms with E-state index in [-0.39, 0.29) is 5.91 Å². The van der Waals surface area contributed by atoms with E-state index in [2.05, 4.69) is 57.4 Å². The summed E-state index contributed by atoms with van der Waals surface area (Å²) in [6.45, 7) is 0.408. The second-order valence-corrected chi connectivity index (χ2v) is 9.72. The van der Waals surface area contributed by atoms with Gasteiger partial charge in [0.05, 0.1) is 29.6 Å². The number of halogens is 1. The van der Waals surface area contributed by atoms with Gasteiger partial charge in [-0.05, 0) is 79.5 Å². The van der Waals surface area contributed by atoms with Gasteiger partial charge in [-0.2, -0.15) is 5.10 Å².